The monoisotopic (exact) mass is 213 g/mol. The van der Waals surface area contributed by atoms with Gasteiger partial charge in [-0.25, -0.2) is 0 Å². The molecule has 0 amide bonds. The Bertz CT molecular complexity index is 163. The van der Waals surface area contributed by atoms with Crippen molar-refractivity contribution in [1.29, 1.82) is 0 Å². The van der Waals surface area contributed by atoms with E-state index < -0.39 is 0 Å². The van der Waals surface area contributed by atoms with Gasteiger partial charge in [0.25, 0.3) is 0 Å². The van der Waals surface area contributed by atoms with E-state index >= 15 is 0 Å². The summed E-state index contributed by atoms with van der Waals surface area (Å²) in [5.41, 5.74) is 0.342. The predicted octanol–water partition coefficient (Wildman–Crippen LogP) is 4.32. The van der Waals surface area contributed by atoms with E-state index in [1.165, 1.54) is 25.7 Å². The van der Waals surface area contributed by atoms with Gasteiger partial charge in [0, 0.05) is 11.6 Å². The molecule has 0 aromatic heterocycles. The zero-order chi connectivity index (χ0) is 12.1. The third-order valence-corrected chi connectivity index (χ3v) is 4.26. The van der Waals surface area contributed by atoms with E-state index in [1.54, 1.807) is 0 Å². The molecule has 2 atom stereocenters. The first-order valence-electron chi connectivity index (χ1n) is 6.58. The first-order valence-corrected chi connectivity index (χ1v) is 6.58. The van der Waals surface area contributed by atoms with Gasteiger partial charge >= 0.3 is 0 Å². The van der Waals surface area contributed by atoms with Crippen molar-refractivity contribution < 1.29 is 0 Å². The third-order valence-electron chi connectivity index (χ3n) is 4.26. The molecule has 0 saturated heterocycles. The molecule has 0 aliphatic heterocycles. The van der Waals surface area contributed by atoms with Crippen LogP contribution in [0, 0.1) is 5.92 Å². The summed E-state index contributed by atoms with van der Waals surface area (Å²) >= 11 is 0. The fraction of sp³-hybridized carbons (Fsp3) is 1.00. The van der Waals surface area contributed by atoms with Crippen molar-refractivity contribution >= 4 is 0 Å². The van der Waals surface area contributed by atoms with E-state index in [2.05, 4.69) is 53.5 Å². The molecular weight excluding hydrogens is 182 g/mol. The lowest BCUT2D eigenvalue weighted by Crippen LogP contribution is -2.45. The molecule has 0 rings (SSSR count). The van der Waals surface area contributed by atoms with Crippen LogP contribution in [0.25, 0.3) is 0 Å². The van der Waals surface area contributed by atoms with Crippen molar-refractivity contribution in [3.8, 4) is 0 Å². The normalized spacial score (nSPS) is 16.8. The maximum atomic E-state index is 2.54. The molecule has 0 saturated carbocycles. The first-order chi connectivity index (χ1) is 6.85. The van der Waals surface area contributed by atoms with Gasteiger partial charge in [0.05, 0.1) is 0 Å². The summed E-state index contributed by atoms with van der Waals surface area (Å²) in [4.78, 5) is 2.54. The van der Waals surface area contributed by atoms with Gasteiger partial charge in [-0.15, -0.1) is 0 Å². The molecule has 0 radical (unpaired) electrons. The molecule has 0 aromatic carbocycles. The van der Waals surface area contributed by atoms with E-state index in [9.17, 15) is 0 Å². The van der Waals surface area contributed by atoms with Crippen LogP contribution < -0.4 is 0 Å². The quantitative estimate of drug-likeness (QED) is 0.609. The molecule has 15 heavy (non-hydrogen) atoms. The van der Waals surface area contributed by atoms with Gasteiger partial charge in [0.1, 0.15) is 0 Å². The molecule has 0 unspecified atom stereocenters. The zero-order valence-electron chi connectivity index (χ0n) is 11.9. The minimum absolute atomic E-state index is 0.342. The molecule has 0 fully saturated rings. The second-order valence-corrected chi connectivity index (χ2v) is 5.72. The molecule has 1 nitrogen and oxygen atoms in total. The van der Waals surface area contributed by atoms with E-state index in [4.69, 9.17) is 0 Å². The number of hydrogen-bond donors (Lipinski definition) is 0. The Morgan fingerprint density at radius 1 is 1.07 bits per heavy atom. The highest BCUT2D eigenvalue weighted by Gasteiger charge is 2.25. The Balaban J connectivity index is 4.04. The Labute approximate surface area is 97.2 Å². The Kier molecular flexibility index (Phi) is 6.51. The van der Waals surface area contributed by atoms with Gasteiger partial charge in [0.15, 0.2) is 0 Å². The van der Waals surface area contributed by atoms with Crippen molar-refractivity contribution in [3.05, 3.63) is 0 Å². The van der Waals surface area contributed by atoms with Gasteiger partial charge in [-0.3, -0.25) is 4.90 Å². The summed E-state index contributed by atoms with van der Waals surface area (Å²) in [6.45, 7) is 14.0. The fourth-order valence-electron chi connectivity index (χ4n) is 1.77. The highest BCUT2D eigenvalue weighted by molar-refractivity contribution is 4.81. The van der Waals surface area contributed by atoms with Crippen LogP contribution in [0.15, 0.2) is 0 Å². The molecular formula is C14H31N. The van der Waals surface area contributed by atoms with Crippen molar-refractivity contribution in [2.24, 2.45) is 5.92 Å². The van der Waals surface area contributed by atoms with Crippen LogP contribution in [0.1, 0.15) is 67.2 Å². The van der Waals surface area contributed by atoms with Crippen molar-refractivity contribution in [2.75, 3.05) is 7.05 Å². The van der Waals surface area contributed by atoms with Crippen molar-refractivity contribution in [3.63, 3.8) is 0 Å². The van der Waals surface area contributed by atoms with Crippen LogP contribution in [-0.2, 0) is 0 Å². The van der Waals surface area contributed by atoms with Gasteiger partial charge in [-0.05, 0) is 53.0 Å². The predicted molar refractivity (Wildman–Crippen MR) is 70.3 cm³/mol. The summed E-state index contributed by atoms with van der Waals surface area (Å²) in [6.07, 6.45) is 5.22. The number of nitrogens with zero attached hydrogens (tertiary/aromatic N) is 1. The molecule has 0 spiro atoms. The van der Waals surface area contributed by atoms with Gasteiger partial charge in [0.2, 0.25) is 0 Å². The topological polar surface area (TPSA) is 3.24 Å². The van der Waals surface area contributed by atoms with Crippen LogP contribution in [0.2, 0.25) is 0 Å². The average Bonchev–Trinajstić information content (AvgIpc) is 2.23. The van der Waals surface area contributed by atoms with Crippen LogP contribution >= 0.6 is 0 Å². The van der Waals surface area contributed by atoms with Crippen LogP contribution in [0.5, 0.6) is 0 Å². The lowest BCUT2D eigenvalue weighted by Gasteiger charge is -2.39. The molecule has 92 valence electrons. The zero-order valence-corrected chi connectivity index (χ0v) is 11.9. The standard InChI is InChI=1S/C14H31N/c1-8-12(3)10-11-13(4)15(7)14(5,6)9-2/h12-13H,8-11H2,1-7H3/t12-,13-/m0/s1. The maximum absolute atomic E-state index is 2.54. The van der Waals surface area contributed by atoms with E-state index in [1.807, 2.05) is 0 Å². The molecule has 0 aliphatic rings. The molecule has 0 N–H and O–H groups in total. The van der Waals surface area contributed by atoms with Gasteiger partial charge in [-0.1, -0.05) is 27.2 Å². The smallest absolute Gasteiger partial charge is 0.0150 e. The van der Waals surface area contributed by atoms with Gasteiger partial charge in [-0.2, -0.15) is 0 Å². The maximum Gasteiger partial charge on any atom is 0.0150 e. The summed E-state index contributed by atoms with van der Waals surface area (Å²) in [7, 11) is 2.27. The summed E-state index contributed by atoms with van der Waals surface area (Å²) in [6, 6.07) is 0.703. The van der Waals surface area contributed by atoms with Crippen LogP contribution in [-0.4, -0.2) is 23.5 Å². The van der Waals surface area contributed by atoms with E-state index in [0.29, 0.717) is 11.6 Å². The molecule has 1 heteroatoms. The minimum Gasteiger partial charge on any atom is -0.299 e. The first kappa shape index (κ1) is 15.0. The number of rotatable bonds is 7. The SMILES string of the molecule is CC[C@H](C)CC[C@H](C)N(C)C(C)(C)CC. The van der Waals surface area contributed by atoms with Crippen molar-refractivity contribution in [1.82, 2.24) is 4.90 Å². The summed E-state index contributed by atoms with van der Waals surface area (Å²) in [5, 5.41) is 0. The van der Waals surface area contributed by atoms with Crippen molar-refractivity contribution in [2.45, 2.75) is 78.8 Å². The van der Waals surface area contributed by atoms with E-state index in [-0.39, 0.29) is 0 Å². The lowest BCUT2D eigenvalue weighted by molar-refractivity contribution is 0.0973. The molecule has 0 aromatic rings. The third kappa shape index (κ3) is 5.01. The Hall–Kier alpha value is -0.0400. The number of hydrogen-bond acceptors (Lipinski definition) is 1. The fourth-order valence-corrected chi connectivity index (χ4v) is 1.77. The summed E-state index contributed by atoms with van der Waals surface area (Å²) in [5.74, 6) is 0.880. The highest BCUT2D eigenvalue weighted by Crippen LogP contribution is 2.22. The Morgan fingerprint density at radius 2 is 1.60 bits per heavy atom. The van der Waals surface area contributed by atoms with Crippen LogP contribution in [0.3, 0.4) is 0 Å². The largest absolute Gasteiger partial charge is 0.299 e. The van der Waals surface area contributed by atoms with Crippen LogP contribution in [0.4, 0.5) is 0 Å². The molecule has 0 heterocycles. The summed E-state index contributed by atoms with van der Waals surface area (Å²) < 4.78 is 0. The molecule has 0 bridgehead atoms. The minimum atomic E-state index is 0.342. The average molecular weight is 213 g/mol. The van der Waals surface area contributed by atoms with E-state index in [0.717, 1.165) is 5.92 Å². The lowest BCUT2D eigenvalue weighted by atomic mass is 9.94. The second-order valence-electron chi connectivity index (χ2n) is 5.72. The van der Waals surface area contributed by atoms with Gasteiger partial charge < -0.3 is 0 Å². The Morgan fingerprint density at radius 3 is 2.00 bits per heavy atom. The molecule has 0 aliphatic carbocycles. The highest BCUT2D eigenvalue weighted by atomic mass is 15.2. The second kappa shape index (κ2) is 6.52.